The number of carbonyl (C=O) groups excluding carboxylic acids is 1. The number of amides is 1. The summed E-state index contributed by atoms with van der Waals surface area (Å²) in [5.74, 6) is -0.155. The van der Waals surface area contributed by atoms with Gasteiger partial charge in [-0.2, -0.15) is 0 Å². The lowest BCUT2D eigenvalue weighted by atomic mass is 9.99. The number of rotatable bonds is 34. The van der Waals surface area contributed by atoms with E-state index in [4.69, 9.17) is 0 Å². The number of hydrogen-bond acceptors (Lipinski definition) is 4. The van der Waals surface area contributed by atoms with Crippen LogP contribution in [0.25, 0.3) is 0 Å². The zero-order valence-corrected chi connectivity index (χ0v) is 28.8. The monoisotopic (exact) mass is 610 g/mol. The molecular formula is C38H75NO4. The minimum Gasteiger partial charge on any atom is -0.394 e. The van der Waals surface area contributed by atoms with Gasteiger partial charge in [0, 0.05) is 6.42 Å². The molecule has 4 N–H and O–H groups in total. The van der Waals surface area contributed by atoms with E-state index >= 15 is 0 Å². The van der Waals surface area contributed by atoms with Gasteiger partial charge in [-0.1, -0.05) is 174 Å². The topological polar surface area (TPSA) is 89.8 Å². The summed E-state index contributed by atoms with van der Waals surface area (Å²) in [6, 6.07) is -0.808. The first kappa shape index (κ1) is 42.1. The number of allylic oxidation sites excluding steroid dienone is 2. The van der Waals surface area contributed by atoms with E-state index in [1.54, 1.807) is 0 Å². The molecule has 5 nitrogen and oxygen atoms in total. The Bertz CT molecular complexity index is 596. The Kier molecular flexibility index (Phi) is 33.3. The molecule has 0 saturated heterocycles. The van der Waals surface area contributed by atoms with E-state index in [0.717, 1.165) is 44.9 Å². The van der Waals surface area contributed by atoms with Crippen molar-refractivity contribution in [1.29, 1.82) is 0 Å². The molecule has 0 saturated carbocycles. The van der Waals surface area contributed by atoms with E-state index in [1.807, 2.05) is 0 Å². The van der Waals surface area contributed by atoms with Gasteiger partial charge in [0.15, 0.2) is 0 Å². The summed E-state index contributed by atoms with van der Waals surface area (Å²) in [4.78, 5) is 12.3. The van der Waals surface area contributed by atoms with Crippen molar-refractivity contribution in [3.05, 3.63) is 12.2 Å². The maximum Gasteiger partial charge on any atom is 0.220 e. The molecule has 5 heteroatoms. The van der Waals surface area contributed by atoms with E-state index in [2.05, 4.69) is 31.3 Å². The Balaban J connectivity index is 3.64. The summed E-state index contributed by atoms with van der Waals surface area (Å²) in [5.41, 5.74) is 0. The quantitative estimate of drug-likeness (QED) is 0.0432. The molecule has 0 aliphatic carbocycles. The summed E-state index contributed by atoms with van der Waals surface area (Å²) in [5, 5.41) is 33.4. The van der Waals surface area contributed by atoms with Crippen molar-refractivity contribution in [3.63, 3.8) is 0 Å². The molecule has 0 aromatic rings. The van der Waals surface area contributed by atoms with Crippen molar-refractivity contribution < 1.29 is 20.1 Å². The first-order valence-electron chi connectivity index (χ1n) is 19.0. The van der Waals surface area contributed by atoms with Gasteiger partial charge in [0.2, 0.25) is 5.91 Å². The predicted octanol–water partition coefficient (Wildman–Crippen LogP) is 10.1. The fraction of sp³-hybridized carbons (Fsp3) is 0.921. The maximum atomic E-state index is 12.3. The Morgan fingerprint density at radius 3 is 1.42 bits per heavy atom. The second-order valence-corrected chi connectivity index (χ2v) is 13.1. The second-order valence-electron chi connectivity index (χ2n) is 13.1. The number of carbonyl (C=O) groups is 1. The predicted molar refractivity (Wildman–Crippen MR) is 185 cm³/mol. The maximum absolute atomic E-state index is 12.3. The molecule has 256 valence electrons. The van der Waals surface area contributed by atoms with Gasteiger partial charge < -0.3 is 20.6 Å². The highest BCUT2D eigenvalue weighted by Gasteiger charge is 2.26. The van der Waals surface area contributed by atoms with Crippen LogP contribution < -0.4 is 5.32 Å². The highest BCUT2D eigenvalue weighted by atomic mass is 16.3. The highest BCUT2D eigenvalue weighted by molar-refractivity contribution is 5.76. The number of aliphatic hydroxyl groups is 3. The summed E-state index contributed by atoms with van der Waals surface area (Å²) in [6.07, 6.45) is 37.3. The molecule has 0 spiro atoms. The van der Waals surface area contributed by atoms with Crippen molar-refractivity contribution in [2.45, 2.75) is 218 Å². The number of unbranched alkanes of at least 4 members (excludes halogenated alkanes) is 24. The summed E-state index contributed by atoms with van der Waals surface area (Å²) >= 11 is 0. The Labute approximate surface area is 268 Å². The van der Waals surface area contributed by atoms with E-state index in [1.165, 1.54) is 128 Å². The third-order valence-electron chi connectivity index (χ3n) is 8.87. The van der Waals surface area contributed by atoms with Crippen molar-refractivity contribution >= 4 is 5.91 Å². The molecule has 0 radical (unpaired) electrons. The SMILES string of the molecule is CCCC/C=C\CCCCCCCC(=O)NC(CO)C(O)C(O)CCCCCCCCCCCCCCCCCCCC. The molecule has 1 amide bonds. The lowest BCUT2D eigenvalue weighted by Gasteiger charge is -2.26. The minimum atomic E-state index is -1.13. The van der Waals surface area contributed by atoms with E-state index in [9.17, 15) is 20.1 Å². The lowest BCUT2D eigenvalue weighted by molar-refractivity contribution is -0.124. The third-order valence-corrected chi connectivity index (χ3v) is 8.87. The van der Waals surface area contributed by atoms with Crippen LogP contribution in [0.2, 0.25) is 0 Å². The van der Waals surface area contributed by atoms with Crippen LogP contribution in [0.3, 0.4) is 0 Å². The molecule has 0 aromatic carbocycles. The fourth-order valence-electron chi connectivity index (χ4n) is 5.85. The van der Waals surface area contributed by atoms with Crippen LogP contribution in [0.1, 0.15) is 200 Å². The zero-order valence-electron chi connectivity index (χ0n) is 28.8. The Morgan fingerprint density at radius 2 is 0.953 bits per heavy atom. The van der Waals surface area contributed by atoms with Crippen LogP contribution >= 0.6 is 0 Å². The summed E-state index contributed by atoms with van der Waals surface area (Å²) in [7, 11) is 0. The van der Waals surface area contributed by atoms with Crippen LogP contribution in [0.15, 0.2) is 12.2 Å². The average molecular weight is 610 g/mol. The van der Waals surface area contributed by atoms with Crippen LogP contribution in [-0.4, -0.2) is 46.1 Å². The van der Waals surface area contributed by atoms with Crippen molar-refractivity contribution in [3.8, 4) is 0 Å². The number of hydrogen-bond donors (Lipinski definition) is 4. The van der Waals surface area contributed by atoms with Gasteiger partial charge in [-0.15, -0.1) is 0 Å². The molecule has 43 heavy (non-hydrogen) atoms. The van der Waals surface area contributed by atoms with Gasteiger partial charge in [0.25, 0.3) is 0 Å². The van der Waals surface area contributed by atoms with E-state index in [0.29, 0.717) is 12.8 Å². The molecule has 0 bridgehead atoms. The first-order chi connectivity index (χ1) is 21.1. The lowest BCUT2D eigenvalue weighted by Crippen LogP contribution is -2.50. The number of aliphatic hydroxyl groups excluding tert-OH is 3. The normalized spacial score (nSPS) is 13.9. The van der Waals surface area contributed by atoms with Crippen LogP contribution in [-0.2, 0) is 4.79 Å². The van der Waals surface area contributed by atoms with E-state index in [-0.39, 0.29) is 12.5 Å². The average Bonchev–Trinajstić information content (AvgIpc) is 3.01. The van der Waals surface area contributed by atoms with Crippen molar-refractivity contribution in [2.24, 2.45) is 0 Å². The van der Waals surface area contributed by atoms with Gasteiger partial charge in [0.1, 0.15) is 6.10 Å². The second kappa shape index (κ2) is 34.0. The van der Waals surface area contributed by atoms with Crippen LogP contribution in [0.5, 0.6) is 0 Å². The van der Waals surface area contributed by atoms with Crippen molar-refractivity contribution in [2.75, 3.05) is 6.61 Å². The Morgan fingerprint density at radius 1 is 0.558 bits per heavy atom. The van der Waals surface area contributed by atoms with Crippen LogP contribution in [0, 0.1) is 0 Å². The Hall–Kier alpha value is -0.910. The number of nitrogens with one attached hydrogen (secondary N) is 1. The van der Waals surface area contributed by atoms with Crippen molar-refractivity contribution in [1.82, 2.24) is 5.32 Å². The third kappa shape index (κ3) is 29.6. The largest absolute Gasteiger partial charge is 0.394 e. The standard InChI is InChI=1S/C38H75NO4/c1-3-5-7-9-11-13-15-16-17-18-19-20-21-23-24-26-28-30-32-36(41)38(43)35(34-40)39-37(42)33-31-29-27-25-22-14-12-10-8-6-4-2/h10,12,35-36,38,40-41,43H,3-9,11,13-34H2,1-2H3,(H,39,42)/b12-10-. The van der Waals surface area contributed by atoms with Gasteiger partial charge >= 0.3 is 0 Å². The van der Waals surface area contributed by atoms with Gasteiger partial charge in [-0.3, -0.25) is 4.79 Å². The molecule has 0 rings (SSSR count). The molecule has 0 heterocycles. The van der Waals surface area contributed by atoms with Gasteiger partial charge in [-0.25, -0.2) is 0 Å². The molecule has 3 unspecified atom stereocenters. The molecule has 0 aromatic heterocycles. The first-order valence-corrected chi connectivity index (χ1v) is 19.0. The summed E-state index contributed by atoms with van der Waals surface area (Å²) in [6.45, 7) is 4.13. The highest BCUT2D eigenvalue weighted by Crippen LogP contribution is 2.16. The molecule has 0 fully saturated rings. The molecule has 0 aliphatic rings. The minimum absolute atomic E-state index is 0.155. The molecule has 3 atom stereocenters. The van der Waals surface area contributed by atoms with E-state index < -0.39 is 18.2 Å². The smallest absolute Gasteiger partial charge is 0.220 e. The molecule has 0 aliphatic heterocycles. The molecular weight excluding hydrogens is 534 g/mol. The summed E-state index contributed by atoms with van der Waals surface area (Å²) < 4.78 is 0. The van der Waals surface area contributed by atoms with Gasteiger partial charge in [-0.05, 0) is 32.1 Å². The van der Waals surface area contributed by atoms with Gasteiger partial charge in [0.05, 0.1) is 18.8 Å². The van der Waals surface area contributed by atoms with Crippen LogP contribution in [0.4, 0.5) is 0 Å². The fourth-order valence-corrected chi connectivity index (χ4v) is 5.85. The zero-order chi connectivity index (χ0) is 31.6.